The van der Waals surface area contributed by atoms with Gasteiger partial charge in [0, 0.05) is 19.2 Å². The zero-order chi connectivity index (χ0) is 30.6. The molecule has 0 saturated carbocycles. The molecular weight excluding hydrogens is 556 g/mol. The number of rotatable bonds is 11. The van der Waals surface area contributed by atoms with Crippen LogP contribution in [0.5, 0.6) is 17.2 Å². The van der Waals surface area contributed by atoms with Gasteiger partial charge in [0.15, 0.2) is 17.2 Å². The monoisotopic (exact) mass is 592 g/mol. The Kier molecular flexibility index (Phi) is 11.3. The number of methoxy groups -OCH3 is 1. The van der Waals surface area contributed by atoms with Crippen molar-refractivity contribution in [3.05, 3.63) is 84.2 Å². The summed E-state index contributed by atoms with van der Waals surface area (Å²) in [5.41, 5.74) is 0.837. The summed E-state index contributed by atoms with van der Waals surface area (Å²) in [7, 11) is 1.40. The molecule has 43 heavy (non-hydrogen) atoms. The third-order valence-electron chi connectivity index (χ3n) is 6.79. The number of amides is 1. The van der Waals surface area contributed by atoms with Gasteiger partial charge in [-0.25, -0.2) is 9.78 Å². The first kappa shape index (κ1) is 31.3. The topological polar surface area (TPSA) is 132 Å². The Morgan fingerprint density at radius 2 is 1.74 bits per heavy atom. The summed E-state index contributed by atoms with van der Waals surface area (Å²) in [5.74, 6) is -0.999. The van der Waals surface area contributed by atoms with E-state index in [-0.39, 0.29) is 23.6 Å². The molecule has 0 radical (unpaired) electrons. The first-order valence-electron chi connectivity index (χ1n) is 14.0. The Morgan fingerprint density at radius 3 is 2.44 bits per heavy atom. The summed E-state index contributed by atoms with van der Waals surface area (Å²) in [4.78, 5) is 42.0. The number of hydrogen-bond acceptors (Lipinski definition) is 10. The predicted molar refractivity (Wildman–Crippen MR) is 155 cm³/mol. The number of nitrogens with zero attached hydrogens (tertiary/aromatic N) is 1. The van der Waals surface area contributed by atoms with Gasteiger partial charge in [-0.05, 0) is 43.9 Å². The average Bonchev–Trinajstić information content (AvgIpc) is 3.05. The normalized spacial score (nSPS) is 20.4. The summed E-state index contributed by atoms with van der Waals surface area (Å²) >= 11 is 0. The van der Waals surface area contributed by atoms with Crippen LogP contribution in [0.1, 0.15) is 49.2 Å². The number of esters is 2. The Bertz CT molecular complexity index is 1350. The van der Waals surface area contributed by atoms with Gasteiger partial charge in [0.05, 0.1) is 13.7 Å². The van der Waals surface area contributed by atoms with Crippen molar-refractivity contribution in [1.29, 1.82) is 0 Å². The van der Waals surface area contributed by atoms with E-state index in [2.05, 4.69) is 10.3 Å². The highest BCUT2D eigenvalue weighted by Crippen LogP contribution is 2.30. The van der Waals surface area contributed by atoms with Gasteiger partial charge in [0.1, 0.15) is 30.1 Å². The molecule has 1 aliphatic heterocycles. The lowest BCUT2D eigenvalue weighted by Crippen LogP contribution is -2.46. The van der Waals surface area contributed by atoms with Gasteiger partial charge in [0.2, 0.25) is 6.79 Å². The van der Waals surface area contributed by atoms with Gasteiger partial charge < -0.3 is 33.7 Å². The maximum absolute atomic E-state index is 13.4. The van der Waals surface area contributed by atoms with E-state index in [0.29, 0.717) is 25.2 Å². The van der Waals surface area contributed by atoms with Crippen molar-refractivity contribution >= 4 is 17.8 Å². The minimum Gasteiger partial charge on any atom is -0.493 e. The number of carbonyl (C=O) groups is 3. The summed E-state index contributed by atoms with van der Waals surface area (Å²) in [6.45, 7) is 2.84. The highest BCUT2D eigenvalue weighted by molar-refractivity contribution is 5.98. The van der Waals surface area contributed by atoms with E-state index >= 15 is 0 Å². The lowest BCUT2D eigenvalue weighted by molar-refractivity contribution is -0.164. The molecule has 1 amide bonds. The molecule has 11 nitrogen and oxygen atoms in total. The van der Waals surface area contributed by atoms with Crippen LogP contribution in [0.25, 0.3) is 0 Å². The van der Waals surface area contributed by atoms with Gasteiger partial charge >= 0.3 is 11.9 Å². The largest absolute Gasteiger partial charge is 0.493 e. The van der Waals surface area contributed by atoms with Crippen LogP contribution in [0.4, 0.5) is 0 Å². The first-order valence-corrected chi connectivity index (χ1v) is 14.0. The molecule has 2 heterocycles. The van der Waals surface area contributed by atoms with E-state index in [1.54, 1.807) is 6.92 Å². The molecule has 11 heteroatoms. The predicted octanol–water partition coefficient (Wildman–Crippen LogP) is 4.24. The molecule has 228 valence electrons. The minimum atomic E-state index is -0.977. The van der Waals surface area contributed by atoms with Gasteiger partial charge in [-0.3, -0.25) is 9.59 Å². The molecular formula is C32H36N2O9. The maximum Gasteiger partial charge on any atom is 0.329 e. The van der Waals surface area contributed by atoms with E-state index in [4.69, 9.17) is 28.4 Å². The summed E-state index contributed by atoms with van der Waals surface area (Å²) in [5, 5.41) is 2.73. The van der Waals surface area contributed by atoms with Gasteiger partial charge in [-0.15, -0.1) is 0 Å². The van der Waals surface area contributed by atoms with Crippen LogP contribution in [-0.2, 0) is 30.4 Å². The quantitative estimate of drug-likeness (QED) is 0.255. The van der Waals surface area contributed by atoms with Crippen LogP contribution in [0.2, 0.25) is 0 Å². The van der Waals surface area contributed by atoms with Gasteiger partial charge in [-0.2, -0.15) is 0 Å². The number of cyclic esters (lactones) is 1. The van der Waals surface area contributed by atoms with Gasteiger partial charge in [-0.1, -0.05) is 48.5 Å². The molecule has 4 unspecified atom stereocenters. The molecule has 2 aromatic carbocycles. The minimum absolute atomic E-state index is 0.0285. The van der Waals surface area contributed by atoms with Crippen molar-refractivity contribution in [3.8, 4) is 17.2 Å². The Labute approximate surface area is 250 Å². The number of hydrogen-bond donors (Lipinski definition) is 1. The summed E-state index contributed by atoms with van der Waals surface area (Å²) in [6, 6.07) is 19.6. The Morgan fingerprint density at radius 1 is 1.02 bits per heavy atom. The smallest absolute Gasteiger partial charge is 0.329 e. The van der Waals surface area contributed by atoms with E-state index in [1.165, 1.54) is 26.3 Å². The van der Waals surface area contributed by atoms with Crippen LogP contribution in [0, 0.1) is 0 Å². The third-order valence-corrected chi connectivity index (χ3v) is 6.79. The molecule has 4 atom stereocenters. The third kappa shape index (κ3) is 8.92. The van der Waals surface area contributed by atoms with Crippen LogP contribution < -0.4 is 19.5 Å². The van der Waals surface area contributed by atoms with Crippen molar-refractivity contribution in [3.63, 3.8) is 0 Å². The van der Waals surface area contributed by atoms with E-state index in [9.17, 15) is 14.4 Å². The molecule has 4 rings (SSSR count). The number of ether oxygens (including phenoxy) is 6. The highest BCUT2D eigenvalue weighted by atomic mass is 16.7. The number of carbonyl (C=O) groups excluding carboxylic acids is 3. The Balaban J connectivity index is 1.51. The molecule has 1 aliphatic rings. The molecule has 3 aromatic rings. The second-order valence-corrected chi connectivity index (χ2v) is 9.92. The fourth-order valence-electron chi connectivity index (χ4n) is 4.67. The van der Waals surface area contributed by atoms with Crippen LogP contribution in [0.15, 0.2) is 72.9 Å². The molecule has 0 aliphatic carbocycles. The van der Waals surface area contributed by atoms with Crippen LogP contribution >= 0.6 is 0 Å². The van der Waals surface area contributed by atoms with Crippen molar-refractivity contribution in [2.24, 2.45) is 0 Å². The number of pyridine rings is 1. The maximum atomic E-state index is 13.4. The molecule has 1 N–H and O–H groups in total. The fourth-order valence-corrected chi connectivity index (χ4v) is 4.67. The molecule has 1 saturated heterocycles. The SMILES string of the molecule is COc1ccnc(C(=O)NC2CCCC(Oc3ccccc3)C(OCc3ccccc3)C(C)OC2=O)c1OCOC(C)=O. The number of para-hydroxylation sites is 1. The highest BCUT2D eigenvalue weighted by Gasteiger charge is 2.37. The van der Waals surface area contributed by atoms with Crippen LogP contribution in [-0.4, -0.2) is 61.1 Å². The number of benzene rings is 2. The molecule has 1 aromatic heterocycles. The second kappa shape index (κ2) is 15.5. The zero-order valence-corrected chi connectivity index (χ0v) is 24.4. The average molecular weight is 593 g/mol. The standard InChI is InChI=1S/C32H36N2O9/c1-21-29(39-19-23-11-6-4-7-12-23)27(43-24-13-8-5-9-14-24)16-10-15-25(32(37)42-21)34-31(36)28-30(41-20-40-22(2)35)26(38-3)17-18-33-28/h4-9,11-14,17-18,21,25,27,29H,10,15-16,19-20H2,1-3H3,(H,34,36). The summed E-state index contributed by atoms with van der Waals surface area (Å²) < 4.78 is 34.2. The fraction of sp³-hybridized carbons (Fsp3) is 0.375. The first-order chi connectivity index (χ1) is 20.9. The lowest BCUT2D eigenvalue weighted by atomic mass is 10.0. The van der Waals surface area contributed by atoms with E-state index < -0.39 is 49.0 Å². The van der Waals surface area contributed by atoms with E-state index in [1.807, 2.05) is 60.7 Å². The van der Waals surface area contributed by atoms with E-state index in [0.717, 1.165) is 5.56 Å². The number of nitrogens with one attached hydrogen (secondary N) is 1. The molecule has 0 bridgehead atoms. The lowest BCUT2D eigenvalue weighted by Gasteiger charge is -2.31. The van der Waals surface area contributed by atoms with Crippen molar-refractivity contribution in [1.82, 2.24) is 10.3 Å². The number of aromatic nitrogens is 1. The van der Waals surface area contributed by atoms with Crippen LogP contribution in [0.3, 0.4) is 0 Å². The van der Waals surface area contributed by atoms with Crippen molar-refractivity contribution < 1.29 is 42.8 Å². The molecule has 0 spiro atoms. The van der Waals surface area contributed by atoms with Crippen molar-refractivity contribution in [2.75, 3.05) is 13.9 Å². The molecule has 1 fully saturated rings. The van der Waals surface area contributed by atoms with Crippen molar-refractivity contribution in [2.45, 2.75) is 64.1 Å². The zero-order valence-electron chi connectivity index (χ0n) is 24.4. The summed E-state index contributed by atoms with van der Waals surface area (Å²) in [6.07, 6.45) is 1.01. The Hall–Kier alpha value is -4.64. The van der Waals surface area contributed by atoms with Gasteiger partial charge in [0.25, 0.3) is 5.91 Å². The second-order valence-electron chi connectivity index (χ2n) is 9.92.